The van der Waals surface area contributed by atoms with E-state index in [9.17, 15) is 28.2 Å². The molecule has 1 heterocycles. The van der Waals surface area contributed by atoms with Gasteiger partial charge in [0.05, 0.1) is 24.8 Å². The number of hydrogen-bond donors (Lipinski definition) is 3. The summed E-state index contributed by atoms with van der Waals surface area (Å²) in [5.74, 6) is 0.0798. The topological polar surface area (TPSA) is 82.7 Å². The second-order valence-corrected chi connectivity index (χ2v) is 7.93. The van der Waals surface area contributed by atoms with Crippen molar-refractivity contribution in [1.82, 2.24) is 5.32 Å². The predicted octanol–water partition coefficient (Wildman–Crippen LogP) is 4.79. The summed E-state index contributed by atoms with van der Waals surface area (Å²) in [5, 5.41) is 21.7. The molecular weight excluding hydrogens is 447 g/mol. The molecule has 0 atom stereocenters. The van der Waals surface area contributed by atoms with E-state index in [-0.39, 0.29) is 19.6 Å². The molecule has 5 nitrogen and oxygen atoms in total. The van der Waals surface area contributed by atoms with Gasteiger partial charge in [-0.2, -0.15) is 13.2 Å². The van der Waals surface area contributed by atoms with Crippen LogP contribution in [0.15, 0.2) is 77.2 Å². The number of nitrogens with one attached hydrogen (secondary N) is 1. The van der Waals surface area contributed by atoms with Gasteiger partial charge >= 0.3 is 6.18 Å². The number of hydrogen-bond acceptors (Lipinski definition) is 4. The number of amides is 1. The first-order chi connectivity index (χ1) is 16.3. The van der Waals surface area contributed by atoms with Crippen LogP contribution >= 0.6 is 0 Å². The molecule has 0 aliphatic carbocycles. The van der Waals surface area contributed by atoms with Gasteiger partial charge in [0.25, 0.3) is 5.91 Å². The molecule has 1 amide bonds. The van der Waals surface area contributed by atoms with Crippen molar-refractivity contribution >= 4 is 16.9 Å². The van der Waals surface area contributed by atoms with E-state index in [0.29, 0.717) is 28.0 Å². The molecule has 1 aromatic heterocycles. The molecule has 4 rings (SSSR count). The lowest BCUT2D eigenvalue weighted by Gasteiger charge is -2.13. The van der Waals surface area contributed by atoms with Crippen LogP contribution in [0.25, 0.3) is 22.1 Å². The maximum absolute atomic E-state index is 13.0. The molecule has 3 N–H and O–H groups in total. The quantitative estimate of drug-likeness (QED) is 0.363. The molecule has 8 heteroatoms. The molecular formula is C26H22F3NO4. The average Bonchev–Trinajstić information content (AvgIpc) is 3.24. The van der Waals surface area contributed by atoms with Crippen molar-refractivity contribution < 1.29 is 32.6 Å². The Hall–Kier alpha value is -3.62. The first-order valence-corrected chi connectivity index (χ1v) is 10.6. The minimum Gasteiger partial charge on any atom is -0.460 e. The lowest BCUT2D eigenvalue weighted by molar-refractivity contribution is -0.137. The molecule has 0 radical (unpaired) electrons. The van der Waals surface area contributed by atoms with Gasteiger partial charge in [-0.05, 0) is 35.4 Å². The second kappa shape index (κ2) is 9.70. The van der Waals surface area contributed by atoms with Crippen LogP contribution in [-0.4, -0.2) is 35.4 Å². The van der Waals surface area contributed by atoms with Crippen LogP contribution < -0.4 is 5.32 Å². The van der Waals surface area contributed by atoms with Gasteiger partial charge in [0.15, 0.2) is 0 Å². The van der Waals surface area contributed by atoms with E-state index in [1.54, 1.807) is 30.3 Å². The third-order valence-electron chi connectivity index (χ3n) is 5.44. The van der Waals surface area contributed by atoms with Gasteiger partial charge in [-0.1, -0.05) is 48.5 Å². The van der Waals surface area contributed by atoms with E-state index < -0.39 is 23.7 Å². The Morgan fingerprint density at radius 1 is 0.941 bits per heavy atom. The van der Waals surface area contributed by atoms with Gasteiger partial charge < -0.3 is 19.9 Å². The van der Waals surface area contributed by atoms with Gasteiger partial charge in [-0.15, -0.1) is 0 Å². The summed E-state index contributed by atoms with van der Waals surface area (Å²) in [4.78, 5) is 12.5. The first kappa shape index (κ1) is 23.5. The third kappa shape index (κ3) is 5.13. The molecule has 0 fully saturated rings. The molecule has 0 bridgehead atoms. The SMILES string of the molecule is O=C(NC(CO)CO)c1cccc(-c2cccc3cc(Cc4cccc(C(F)(F)F)c4)oc23)c1. The number of fused-ring (bicyclic) bond motifs is 1. The van der Waals surface area contributed by atoms with Crippen LogP contribution in [0.1, 0.15) is 27.2 Å². The summed E-state index contributed by atoms with van der Waals surface area (Å²) in [6.45, 7) is -0.773. The Labute approximate surface area is 193 Å². The minimum absolute atomic E-state index is 0.199. The normalized spacial score (nSPS) is 11.8. The van der Waals surface area contributed by atoms with Crippen molar-refractivity contribution in [2.75, 3.05) is 13.2 Å². The zero-order valence-electron chi connectivity index (χ0n) is 18.0. The van der Waals surface area contributed by atoms with E-state index in [0.717, 1.165) is 23.1 Å². The highest BCUT2D eigenvalue weighted by molar-refractivity contribution is 5.98. The van der Waals surface area contributed by atoms with Crippen LogP contribution in [0, 0.1) is 0 Å². The predicted molar refractivity (Wildman–Crippen MR) is 121 cm³/mol. The highest BCUT2D eigenvalue weighted by Gasteiger charge is 2.30. The maximum Gasteiger partial charge on any atom is 0.416 e. The number of furan rings is 1. The Kier molecular flexibility index (Phi) is 6.72. The van der Waals surface area contributed by atoms with Crippen LogP contribution in [0.2, 0.25) is 0 Å². The van der Waals surface area contributed by atoms with E-state index >= 15 is 0 Å². The van der Waals surface area contributed by atoms with E-state index in [1.807, 2.05) is 24.3 Å². The average molecular weight is 469 g/mol. The number of rotatable bonds is 7. The van der Waals surface area contributed by atoms with Crippen molar-refractivity contribution in [3.05, 3.63) is 95.2 Å². The zero-order valence-corrected chi connectivity index (χ0v) is 18.0. The minimum atomic E-state index is -4.41. The highest BCUT2D eigenvalue weighted by atomic mass is 19.4. The summed E-state index contributed by atoms with van der Waals surface area (Å²) in [5.41, 5.74) is 2.12. The van der Waals surface area contributed by atoms with Gasteiger partial charge in [0, 0.05) is 22.9 Å². The second-order valence-electron chi connectivity index (χ2n) is 7.93. The lowest BCUT2D eigenvalue weighted by atomic mass is 10.0. The Morgan fingerprint density at radius 2 is 1.68 bits per heavy atom. The van der Waals surface area contributed by atoms with Crippen LogP contribution in [0.4, 0.5) is 13.2 Å². The monoisotopic (exact) mass is 469 g/mol. The maximum atomic E-state index is 13.0. The number of alkyl halides is 3. The smallest absolute Gasteiger partial charge is 0.416 e. The molecule has 0 unspecified atom stereocenters. The first-order valence-electron chi connectivity index (χ1n) is 10.6. The fourth-order valence-electron chi connectivity index (χ4n) is 3.74. The summed E-state index contributed by atoms with van der Waals surface area (Å²) in [6, 6.07) is 18.5. The van der Waals surface area contributed by atoms with Crippen LogP contribution in [-0.2, 0) is 12.6 Å². The molecule has 0 saturated carbocycles. The molecule has 34 heavy (non-hydrogen) atoms. The zero-order chi connectivity index (χ0) is 24.3. The molecule has 0 spiro atoms. The Bertz CT molecular complexity index is 1310. The third-order valence-corrected chi connectivity index (χ3v) is 5.44. The summed E-state index contributed by atoms with van der Waals surface area (Å²) < 4.78 is 45.1. The van der Waals surface area contributed by atoms with Crippen molar-refractivity contribution in [2.45, 2.75) is 18.6 Å². The molecule has 0 aliphatic heterocycles. The number of carbonyl (C=O) groups excluding carboxylic acids is 1. The number of aliphatic hydroxyl groups is 2. The molecule has 3 aromatic carbocycles. The molecule has 0 saturated heterocycles. The summed E-state index contributed by atoms with van der Waals surface area (Å²) >= 11 is 0. The van der Waals surface area contributed by atoms with Crippen molar-refractivity contribution in [1.29, 1.82) is 0 Å². The lowest BCUT2D eigenvalue weighted by Crippen LogP contribution is -2.40. The summed E-state index contributed by atoms with van der Waals surface area (Å²) in [7, 11) is 0. The van der Waals surface area contributed by atoms with Crippen LogP contribution in [0.3, 0.4) is 0 Å². The van der Waals surface area contributed by atoms with E-state index in [2.05, 4.69) is 5.32 Å². The molecule has 0 aliphatic rings. The molecule has 176 valence electrons. The number of para-hydroxylation sites is 1. The van der Waals surface area contributed by atoms with Crippen molar-refractivity contribution in [3.8, 4) is 11.1 Å². The number of carbonyl (C=O) groups is 1. The summed E-state index contributed by atoms with van der Waals surface area (Å²) in [6.07, 6.45) is -4.22. The highest BCUT2D eigenvalue weighted by Crippen LogP contribution is 2.33. The fraction of sp³-hybridized carbons (Fsp3) is 0.192. The fourth-order valence-corrected chi connectivity index (χ4v) is 3.74. The van der Waals surface area contributed by atoms with Crippen molar-refractivity contribution in [2.24, 2.45) is 0 Å². The van der Waals surface area contributed by atoms with E-state index in [1.165, 1.54) is 6.07 Å². The van der Waals surface area contributed by atoms with Crippen molar-refractivity contribution in [3.63, 3.8) is 0 Å². The van der Waals surface area contributed by atoms with E-state index in [4.69, 9.17) is 4.42 Å². The number of aliphatic hydroxyl groups excluding tert-OH is 2. The van der Waals surface area contributed by atoms with Gasteiger partial charge in [-0.25, -0.2) is 0 Å². The van der Waals surface area contributed by atoms with Crippen LogP contribution in [0.5, 0.6) is 0 Å². The Balaban J connectivity index is 1.64. The van der Waals surface area contributed by atoms with Gasteiger partial charge in [0.2, 0.25) is 0 Å². The Morgan fingerprint density at radius 3 is 2.41 bits per heavy atom. The molecule has 4 aromatic rings. The number of halogens is 3. The van der Waals surface area contributed by atoms with Gasteiger partial charge in [0.1, 0.15) is 11.3 Å². The largest absolute Gasteiger partial charge is 0.460 e. The number of benzene rings is 3. The standard InChI is InChI=1S/C26H22F3NO4/c27-26(28,29)20-8-1-4-16(10-20)11-22-13-18-6-3-9-23(24(18)34-22)17-5-2-7-19(12-17)25(33)30-21(14-31)15-32/h1-10,12-13,21,31-32H,11,14-15H2,(H,30,33). The van der Waals surface area contributed by atoms with Gasteiger partial charge in [-0.3, -0.25) is 4.79 Å².